The maximum atomic E-state index is 13.8. The first-order chi connectivity index (χ1) is 9.70. The fraction of sp³-hybridized carbons (Fsp3) is 0.0667. The molecule has 0 aliphatic carbocycles. The number of anilines is 1. The van der Waals surface area contributed by atoms with E-state index in [0.29, 0.717) is 5.56 Å². The Bertz CT molecular complexity index is 675. The molecule has 0 atom stereocenters. The van der Waals surface area contributed by atoms with Crippen LogP contribution in [0.25, 0.3) is 0 Å². The highest BCUT2D eigenvalue weighted by molar-refractivity contribution is 6.02. The molecule has 0 aliphatic heterocycles. The molecule has 1 aromatic heterocycles. The zero-order valence-electron chi connectivity index (χ0n) is 10.6. The average molecular weight is 269 g/mol. The zero-order valence-corrected chi connectivity index (χ0v) is 10.6. The van der Waals surface area contributed by atoms with E-state index in [-0.39, 0.29) is 17.9 Å². The van der Waals surface area contributed by atoms with Gasteiger partial charge in [-0.15, -0.1) is 0 Å². The number of halogens is 1. The predicted octanol–water partition coefficient (Wildman–Crippen LogP) is 1.78. The van der Waals surface area contributed by atoms with Gasteiger partial charge >= 0.3 is 0 Å². The summed E-state index contributed by atoms with van der Waals surface area (Å²) in [5.74, 6) is 4.32. The average Bonchev–Trinajstić information content (AvgIpc) is 2.48. The van der Waals surface area contributed by atoms with Crippen LogP contribution in [0.4, 0.5) is 10.1 Å². The molecule has 0 aliphatic rings. The molecule has 0 saturated carbocycles. The quantitative estimate of drug-likeness (QED) is 0.817. The minimum absolute atomic E-state index is 0.0824. The maximum absolute atomic E-state index is 13.8. The fourth-order valence-electron chi connectivity index (χ4n) is 1.53. The summed E-state index contributed by atoms with van der Waals surface area (Å²) in [5, 5.41) is 2.46. The van der Waals surface area contributed by atoms with Crippen LogP contribution in [0.5, 0.6) is 0 Å². The van der Waals surface area contributed by atoms with Crippen LogP contribution >= 0.6 is 0 Å². The molecule has 3 N–H and O–H groups in total. The van der Waals surface area contributed by atoms with Gasteiger partial charge < -0.3 is 11.1 Å². The Hall–Kier alpha value is -2.71. The van der Waals surface area contributed by atoms with Crippen molar-refractivity contribution in [2.75, 3.05) is 11.9 Å². The first-order valence-electron chi connectivity index (χ1n) is 5.91. The minimum atomic E-state index is -0.557. The Kier molecular flexibility index (Phi) is 4.43. The Balaban J connectivity index is 2.16. The number of amides is 1. The van der Waals surface area contributed by atoms with Crippen molar-refractivity contribution in [1.29, 1.82) is 0 Å². The van der Waals surface area contributed by atoms with Crippen LogP contribution < -0.4 is 11.1 Å². The summed E-state index contributed by atoms with van der Waals surface area (Å²) in [7, 11) is 0. The first kappa shape index (κ1) is 13.7. The van der Waals surface area contributed by atoms with E-state index < -0.39 is 11.7 Å². The Morgan fingerprint density at radius 3 is 2.85 bits per heavy atom. The first-order valence-corrected chi connectivity index (χ1v) is 5.91. The van der Waals surface area contributed by atoms with Gasteiger partial charge in [0.25, 0.3) is 5.91 Å². The lowest BCUT2D eigenvalue weighted by molar-refractivity contribution is 0.102. The summed E-state index contributed by atoms with van der Waals surface area (Å²) >= 11 is 0. The monoisotopic (exact) mass is 269 g/mol. The molecule has 100 valence electrons. The number of rotatable bonds is 2. The number of pyridine rings is 1. The van der Waals surface area contributed by atoms with Crippen molar-refractivity contribution in [3.8, 4) is 11.8 Å². The number of carbonyl (C=O) groups is 1. The van der Waals surface area contributed by atoms with Crippen LogP contribution in [-0.2, 0) is 0 Å². The van der Waals surface area contributed by atoms with Gasteiger partial charge in [0.15, 0.2) is 0 Å². The lowest BCUT2D eigenvalue weighted by atomic mass is 10.2. The zero-order chi connectivity index (χ0) is 14.4. The van der Waals surface area contributed by atoms with Crippen LogP contribution in [-0.4, -0.2) is 17.4 Å². The van der Waals surface area contributed by atoms with Crippen LogP contribution in [0.15, 0.2) is 42.6 Å². The topological polar surface area (TPSA) is 68.0 Å². The van der Waals surface area contributed by atoms with Crippen molar-refractivity contribution < 1.29 is 9.18 Å². The van der Waals surface area contributed by atoms with Crippen molar-refractivity contribution in [1.82, 2.24) is 4.98 Å². The van der Waals surface area contributed by atoms with Crippen molar-refractivity contribution >= 4 is 11.6 Å². The summed E-state index contributed by atoms with van der Waals surface area (Å²) < 4.78 is 13.8. The maximum Gasteiger partial charge on any atom is 0.274 e. The molecule has 20 heavy (non-hydrogen) atoms. The molecule has 0 unspecified atom stereocenters. The highest BCUT2D eigenvalue weighted by Gasteiger charge is 2.10. The summed E-state index contributed by atoms with van der Waals surface area (Å²) in [6, 6.07) is 9.24. The van der Waals surface area contributed by atoms with Crippen molar-refractivity contribution in [3.63, 3.8) is 0 Å². The molecule has 2 rings (SSSR count). The summed E-state index contributed by atoms with van der Waals surface area (Å²) in [4.78, 5) is 15.7. The van der Waals surface area contributed by atoms with Gasteiger partial charge in [0, 0.05) is 11.8 Å². The third-order valence-corrected chi connectivity index (χ3v) is 2.45. The van der Waals surface area contributed by atoms with Gasteiger partial charge in [-0.3, -0.25) is 9.78 Å². The number of aromatic nitrogens is 1. The van der Waals surface area contributed by atoms with Crippen LogP contribution in [0.2, 0.25) is 0 Å². The normalized spacial score (nSPS) is 9.50. The number of carbonyl (C=O) groups excluding carboxylic acids is 1. The van der Waals surface area contributed by atoms with Crippen molar-refractivity contribution in [2.45, 2.75) is 0 Å². The van der Waals surface area contributed by atoms with Gasteiger partial charge in [-0.1, -0.05) is 17.9 Å². The molecule has 0 radical (unpaired) electrons. The molecule has 0 bridgehead atoms. The highest BCUT2D eigenvalue weighted by Crippen LogP contribution is 2.16. The van der Waals surface area contributed by atoms with E-state index in [0.717, 1.165) is 0 Å². The van der Waals surface area contributed by atoms with Gasteiger partial charge in [0.2, 0.25) is 0 Å². The second-order valence-corrected chi connectivity index (χ2v) is 3.87. The van der Waals surface area contributed by atoms with E-state index in [1.807, 2.05) is 0 Å². The van der Waals surface area contributed by atoms with E-state index in [9.17, 15) is 9.18 Å². The number of nitrogens with two attached hydrogens (primary N) is 1. The molecule has 0 spiro atoms. The predicted molar refractivity (Wildman–Crippen MR) is 74.5 cm³/mol. The number of hydrogen-bond acceptors (Lipinski definition) is 3. The molecule has 0 fully saturated rings. The van der Waals surface area contributed by atoms with E-state index in [2.05, 4.69) is 22.1 Å². The number of nitrogens with zero attached hydrogens (tertiary/aromatic N) is 1. The summed E-state index contributed by atoms with van der Waals surface area (Å²) in [6.07, 6.45) is 1.50. The SMILES string of the molecule is NCC#Cc1ccc(NC(=O)c2ccccn2)c(F)c1. The molecular formula is C15H12FN3O. The smallest absolute Gasteiger partial charge is 0.274 e. The van der Waals surface area contributed by atoms with E-state index in [4.69, 9.17) is 5.73 Å². The Labute approximate surface area is 115 Å². The molecule has 5 heteroatoms. The summed E-state index contributed by atoms with van der Waals surface area (Å²) in [6.45, 7) is 0.208. The van der Waals surface area contributed by atoms with E-state index >= 15 is 0 Å². The second kappa shape index (κ2) is 6.45. The van der Waals surface area contributed by atoms with Crippen LogP contribution in [0.3, 0.4) is 0 Å². The number of benzene rings is 1. The molecule has 1 heterocycles. The highest BCUT2D eigenvalue weighted by atomic mass is 19.1. The summed E-state index contributed by atoms with van der Waals surface area (Å²) in [5.41, 5.74) is 6.05. The molecular weight excluding hydrogens is 257 g/mol. The van der Waals surface area contributed by atoms with E-state index in [1.165, 1.54) is 18.3 Å². The van der Waals surface area contributed by atoms with Gasteiger partial charge in [-0.2, -0.15) is 0 Å². The number of nitrogens with one attached hydrogen (secondary N) is 1. The van der Waals surface area contributed by atoms with Gasteiger partial charge in [-0.25, -0.2) is 4.39 Å². The standard InChI is InChI=1S/C15H12FN3O/c16-12-10-11(4-3-8-17)6-7-13(12)19-15(20)14-5-1-2-9-18-14/h1-2,5-7,9-10H,8,17H2,(H,19,20). The van der Waals surface area contributed by atoms with Crippen molar-refractivity contribution in [3.05, 3.63) is 59.7 Å². The Morgan fingerprint density at radius 1 is 1.35 bits per heavy atom. The molecule has 1 aromatic carbocycles. The lowest BCUT2D eigenvalue weighted by Crippen LogP contribution is -2.14. The van der Waals surface area contributed by atoms with Crippen LogP contribution in [0, 0.1) is 17.7 Å². The minimum Gasteiger partial charge on any atom is -0.320 e. The second-order valence-electron chi connectivity index (χ2n) is 3.87. The Morgan fingerprint density at radius 2 is 2.20 bits per heavy atom. The van der Waals surface area contributed by atoms with E-state index in [1.54, 1.807) is 24.3 Å². The van der Waals surface area contributed by atoms with Gasteiger partial charge in [0.05, 0.1) is 12.2 Å². The molecule has 2 aromatic rings. The van der Waals surface area contributed by atoms with Gasteiger partial charge in [-0.05, 0) is 30.3 Å². The third kappa shape index (κ3) is 3.40. The number of hydrogen-bond donors (Lipinski definition) is 2. The molecule has 4 nitrogen and oxygen atoms in total. The molecule has 0 saturated heterocycles. The largest absolute Gasteiger partial charge is 0.320 e. The third-order valence-electron chi connectivity index (χ3n) is 2.45. The van der Waals surface area contributed by atoms with Crippen LogP contribution in [0.1, 0.15) is 16.1 Å². The molecule has 1 amide bonds. The fourth-order valence-corrected chi connectivity index (χ4v) is 1.53. The van der Waals surface area contributed by atoms with Gasteiger partial charge in [0.1, 0.15) is 11.5 Å². The lowest BCUT2D eigenvalue weighted by Gasteiger charge is -2.06. The van der Waals surface area contributed by atoms with Crippen molar-refractivity contribution in [2.24, 2.45) is 5.73 Å².